The Morgan fingerprint density at radius 1 is 1.27 bits per heavy atom. The van der Waals surface area contributed by atoms with Gasteiger partial charge in [-0.25, -0.2) is 4.68 Å². The highest BCUT2D eigenvalue weighted by atomic mass is 19.4. The van der Waals surface area contributed by atoms with Crippen LogP contribution in [0.25, 0.3) is 0 Å². The molecule has 3 rings (SSSR count). The maximum absolute atomic E-state index is 13.5. The highest BCUT2D eigenvalue weighted by Gasteiger charge is 2.46. The van der Waals surface area contributed by atoms with E-state index in [1.54, 1.807) is 18.2 Å². The Balaban J connectivity index is 2.02. The monoisotopic (exact) mass is 370 g/mol. The molecule has 0 bridgehead atoms. The molecule has 0 spiro atoms. The molecule has 0 saturated heterocycles. The summed E-state index contributed by atoms with van der Waals surface area (Å²) in [5.74, 6) is -0.858. The number of benzene rings is 1. The third-order valence-electron chi connectivity index (χ3n) is 4.21. The molecule has 2 aromatic rings. The molecule has 1 aromatic heterocycles. The first-order chi connectivity index (χ1) is 12.2. The van der Waals surface area contributed by atoms with Crippen LogP contribution in [0.2, 0.25) is 0 Å². The maximum Gasteiger partial charge on any atom is 0.410 e. The van der Waals surface area contributed by atoms with Crippen molar-refractivity contribution in [2.24, 2.45) is 0 Å². The average Bonchev–Trinajstić information content (AvgIpc) is 3.03. The molecule has 1 aliphatic rings. The number of nitrogens with zero attached hydrogens (tertiary/aromatic N) is 2. The predicted octanol–water partition coefficient (Wildman–Crippen LogP) is 1.92. The number of nitrogens with one attached hydrogen (secondary N) is 1. The quantitative estimate of drug-likeness (QED) is 0.885. The molecule has 0 radical (unpaired) electrons. The summed E-state index contributed by atoms with van der Waals surface area (Å²) in [5.41, 5.74) is -0.0194. The van der Waals surface area contributed by atoms with Gasteiger partial charge in [0.15, 0.2) is 17.5 Å². The molecule has 1 aromatic carbocycles. The number of hydrogen-bond acceptors (Lipinski definition) is 6. The van der Waals surface area contributed by atoms with Crippen LogP contribution >= 0.6 is 0 Å². The Bertz CT molecular complexity index is 835. The second kappa shape index (κ2) is 6.43. The second-order valence-electron chi connectivity index (χ2n) is 5.75. The molecule has 7 nitrogen and oxygen atoms in total. The maximum atomic E-state index is 13.5. The van der Waals surface area contributed by atoms with E-state index in [1.165, 1.54) is 14.2 Å². The van der Waals surface area contributed by atoms with Crippen molar-refractivity contribution in [3.05, 3.63) is 35.5 Å². The predicted molar refractivity (Wildman–Crippen MR) is 82.2 cm³/mol. The van der Waals surface area contributed by atoms with Crippen LogP contribution in [0.5, 0.6) is 11.5 Å². The van der Waals surface area contributed by atoms with Crippen LogP contribution in [0.3, 0.4) is 0 Å². The number of carboxylic acid groups (broad SMARTS) is 1. The van der Waals surface area contributed by atoms with Gasteiger partial charge >= 0.3 is 6.18 Å². The summed E-state index contributed by atoms with van der Waals surface area (Å²) < 4.78 is 51.4. The molecule has 2 atom stereocenters. The van der Waals surface area contributed by atoms with E-state index in [9.17, 15) is 23.1 Å². The van der Waals surface area contributed by atoms with Crippen molar-refractivity contribution in [1.29, 1.82) is 0 Å². The first-order valence-corrected chi connectivity index (χ1v) is 7.60. The minimum atomic E-state index is -4.60. The summed E-state index contributed by atoms with van der Waals surface area (Å²) in [6, 6.07) is 3.14. The molecule has 0 amide bonds. The lowest BCUT2D eigenvalue weighted by Crippen LogP contribution is -2.35. The molecule has 140 valence electrons. The summed E-state index contributed by atoms with van der Waals surface area (Å²) in [6.07, 6.45) is -4.96. The zero-order valence-electron chi connectivity index (χ0n) is 13.8. The van der Waals surface area contributed by atoms with E-state index < -0.39 is 29.9 Å². The number of carboxylic acids is 1. The first kappa shape index (κ1) is 17.9. The van der Waals surface area contributed by atoms with Gasteiger partial charge in [0.1, 0.15) is 11.5 Å². The Kier molecular flexibility index (Phi) is 4.43. The summed E-state index contributed by atoms with van der Waals surface area (Å²) in [6.45, 7) is 0. The Labute approximate surface area is 146 Å². The van der Waals surface area contributed by atoms with Crippen molar-refractivity contribution in [2.75, 3.05) is 19.5 Å². The van der Waals surface area contributed by atoms with Gasteiger partial charge in [-0.15, -0.1) is 0 Å². The van der Waals surface area contributed by atoms with Crippen LogP contribution in [-0.4, -0.2) is 36.1 Å². The first-order valence-electron chi connectivity index (χ1n) is 7.60. The van der Waals surface area contributed by atoms with E-state index in [-0.39, 0.29) is 12.2 Å². The summed E-state index contributed by atoms with van der Waals surface area (Å²) in [4.78, 5) is 11.0. The number of fused-ring (bicyclic) bond motifs is 1. The van der Waals surface area contributed by atoms with E-state index in [0.717, 1.165) is 6.07 Å². The van der Waals surface area contributed by atoms with Gasteiger partial charge in [0.25, 0.3) is 0 Å². The van der Waals surface area contributed by atoms with Crippen LogP contribution in [-0.2, 0) is 0 Å². The number of hydrogen-bond donors (Lipinski definition) is 1. The van der Waals surface area contributed by atoms with Crippen molar-refractivity contribution >= 4 is 11.8 Å². The van der Waals surface area contributed by atoms with Crippen LogP contribution in [0, 0.1) is 0 Å². The lowest BCUT2D eigenvalue weighted by Gasteiger charge is -2.33. The fraction of sp³-hybridized carbons (Fsp3) is 0.375. The number of methoxy groups -OCH3 is 2. The SMILES string of the molecule is COc1ccc([C@@H]2C[C@H](C(F)(F)F)n3nc(C(=O)[O-])cc3N2)cc1OC. The zero-order valence-corrected chi connectivity index (χ0v) is 13.8. The molecular formula is C16H15F3N3O4-. The number of carbonyl (C=O) groups excluding carboxylic acids is 1. The number of rotatable bonds is 4. The van der Waals surface area contributed by atoms with Gasteiger partial charge in [0.05, 0.1) is 26.2 Å². The van der Waals surface area contributed by atoms with E-state index in [4.69, 9.17) is 9.47 Å². The lowest BCUT2D eigenvalue weighted by atomic mass is 9.96. The van der Waals surface area contributed by atoms with Gasteiger partial charge in [-0.05, 0) is 17.7 Å². The molecular weight excluding hydrogens is 355 g/mol. The normalized spacial score (nSPS) is 19.4. The Hall–Kier alpha value is -2.91. The fourth-order valence-electron chi connectivity index (χ4n) is 2.96. The van der Waals surface area contributed by atoms with E-state index in [1.807, 2.05) is 0 Å². The molecule has 0 unspecified atom stereocenters. The average molecular weight is 370 g/mol. The number of aromatic carboxylic acids is 1. The minimum Gasteiger partial charge on any atom is -0.543 e. The zero-order chi connectivity index (χ0) is 19.1. The van der Waals surface area contributed by atoms with Crippen molar-refractivity contribution in [3.63, 3.8) is 0 Å². The topological polar surface area (TPSA) is 88.4 Å². The Morgan fingerprint density at radius 2 is 1.96 bits per heavy atom. The minimum absolute atomic E-state index is 0.0439. The van der Waals surface area contributed by atoms with Gasteiger partial charge in [0.2, 0.25) is 0 Å². The van der Waals surface area contributed by atoms with E-state index in [2.05, 4.69) is 10.4 Å². The molecule has 0 aliphatic carbocycles. The van der Waals surface area contributed by atoms with Gasteiger partial charge in [0, 0.05) is 12.5 Å². The summed E-state index contributed by atoms with van der Waals surface area (Å²) >= 11 is 0. The molecule has 1 aliphatic heterocycles. The van der Waals surface area contributed by atoms with Crippen LogP contribution in [0.1, 0.15) is 34.6 Å². The third kappa shape index (κ3) is 3.14. The largest absolute Gasteiger partial charge is 0.543 e. The highest BCUT2D eigenvalue weighted by Crippen LogP contribution is 2.44. The number of alkyl halides is 3. The fourth-order valence-corrected chi connectivity index (χ4v) is 2.96. The standard InChI is InChI=1S/C16H16F3N3O4/c1-25-11-4-3-8(5-12(11)26-2)9-6-13(16(17,18)19)22-14(20-9)7-10(21-22)15(23)24/h3-5,7,9,13,20H,6H2,1-2H3,(H,23,24)/p-1/t9-,13+/m0/s1. The smallest absolute Gasteiger partial charge is 0.410 e. The van der Waals surface area contributed by atoms with Gasteiger partial charge in [-0.2, -0.15) is 18.3 Å². The number of halogens is 3. The summed E-state index contributed by atoms with van der Waals surface area (Å²) in [7, 11) is 2.88. The van der Waals surface area contributed by atoms with Gasteiger partial charge in [-0.3, -0.25) is 0 Å². The van der Waals surface area contributed by atoms with Crippen molar-refractivity contribution < 1.29 is 32.5 Å². The molecule has 1 N–H and O–H groups in total. The summed E-state index contributed by atoms with van der Waals surface area (Å²) in [5, 5.41) is 17.4. The second-order valence-corrected chi connectivity index (χ2v) is 5.75. The van der Waals surface area contributed by atoms with Crippen molar-refractivity contribution in [1.82, 2.24) is 9.78 Å². The van der Waals surface area contributed by atoms with E-state index in [0.29, 0.717) is 21.7 Å². The van der Waals surface area contributed by atoms with Crippen molar-refractivity contribution in [2.45, 2.75) is 24.7 Å². The third-order valence-corrected chi connectivity index (χ3v) is 4.21. The lowest BCUT2D eigenvalue weighted by molar-refractivity contribution is -0.255. The molecule has 10 heteroatoms. The van der Waals surface area contributed by atoms with Crippen molar-refractivity contribution in [3.8, 4) is 11.5 Å². The molecule has 26 heavy (non-hydrogen) atoms. The molecule has 0 saturated carbocycles. The van der Waals surface area contributed by atoms with Gasteiger partial charge < -0.3 is 24.7 Å². The van der Waals surface area contributed by atoms with Gasteiger partial charge in [-0.1, -0.05) is 6.07 Å². The van der Waals surface area contributed by atoms with Crippen LogP contribution in [0.4, 0.5) is 19.0 Å². The Morgan fingerprint density at radius 3 is 2.54 bits per heavy atom. The molecule has 2 heterocycles. The van der Waals surface area contributed by atoms with Crippen LogP contribution in [0.15, 0.2) is 24.3 Å². The highest BCUT2D eigenvalue weighted by molar-refractivity contribution is 5.84. The van der Waals surface area contributed by atoms with E-state index >= 15 is 0 Å². The molecule has 0 fully saturated rings. The number of carbonyl (C=O) groups is 1. The van der Waals surface area contributed by atoms with Crippen LogP contribution < -0.4 is 19.9 Å². The number of anilines is 1. The number of aromatic nitrogens is 2. The number of ether oxygens (including phenoxy) is 2.